The van der Waals surface area contributed by atoms with Gasteiger partial charge >= 0.3 is 0 Å². The van der Waals surface area contributed by atoms with Crippen LogP contribution >= 0.6 is 0 Å². The van der Waals surface area contributed by atoms with Crippen LogP contribution in [-0.4, -0.2) is 5.78 Å². The van der Waals surface area contributed by atoms with Crippen LogP contribution in [-0.2, 0) is 4.79 Å². The fourth-order valence-corrected chi connectivity index (χ4v) is 6.79. The van der Waals surface area contributed by atoms with Crippen LogP contribution in [0.25, 0.3) is 0 Å². The molecular formula is C20H30O. The van der Waals surface area contributed by atoms with Gasteiger partial charge in [0.25, 0.3) is 0 Å². The van der Waals surface area contributed by atoms with Crippen LogP contribution in [0, 0.1) is 34.5 Å². The summed E-state index contributed by atoms with van der Waals surface area (Å²) in [5, 5.41) is 0. The molecule has 6 atom stereocenters. The largest absolute Gasteiger partial charge is 0.300 e. The first-order valence-electron chi connectivity index (χ1n) is 9.22. The highest BCUT2D eigenvalue weighted by atomic mass is 16.1. The molecule has 0 radical (unpaired) electrons. The average molecular weight is 286 g/mol. The molecule has 0 saturated heterocycles. The van der Waals surface area contributed by atoms with E-state index >= 15 is 0 Å². The van der Waals surface area contributed by atoms with Crippen molar-refractivity contribution in [3.63, 3.8) is 0 Å². The molecule has 3 fully saturated rings. The second-order valence-electron chi connectivity index (χ2n) is 8.94. The molecule has 0 amide bonds. The highest BCUT2D eigenvalue weighted by Gasteiger charge is 2.56. The topological polar surface area (TPSA) is 17.1 Å². The lowest BCUT2D eigenvalue weighted by molar-refractivity contribution is -0.123. The van der Waals surface area contributed by atoms with Crippen molar-refractivity contribution in [3.8, 4) is 0 Å². The van der Waals surface area contributed by atoms with Gasteiger partial charge in [-0.15, -0.1) is 0 Å². The third-order valence-electron chi connectivity index (χ3n) is 8.04. The predicted molar refractivity (Wildman–Crippen MR) is 85.9 cm³/mol. The molecule has 4 aliphatic carbocycles. The first-order chi connectivity index (χ1) is 10.0. The number of allylic oxidation sites excluding steroid dienone is 2. The summed E-state index contributed by atoms with van der Waals surface area (Å²) in [5.74, 6) is 3.94. The Balaban J connectivity index is 1.65. The van der Waals surface area contributed by atoms with Gasteiger partial charge in [0.15, 0.2) is 0 Å². The van der Waals surface area contributed by atoms with E-state index < -0.39 is 0 Å². The fraction of sp³-hybridized carbons (Fsp3) is 0.850. The van der Waals surface area contributed by atoms with E-state index in [9.17, 15) is 4.79 Å². The van der Waals surface area contributed by atoms with Crippen LogP contribution in [0.4, 0.5) is 0 Å². The van der Waals surface area contributed by atoms with Gasteiger partial charge in [-0.05, 0) is 79.4 Å². The van der Waals surface area contributed by atoms with Gasteiger partial charge in [-0.2, -0.15) is 0 Å². The molecule has 1 nitrogen and oxygen atoms in total. The summed E-state index contributed by atoms with van der Waals surface area (Å²) in [5.41, 5.74) is 0.948. The summed E-state index contributed by atoms with van der Waals surface area (Å²) in [6.45, 7) is 5.06. The minimum Gasteiger partial charge on any atom is -0.300 e. The molecule has 0 spiro atoms. The zero-order chi connectivity index (χ0) is 14.7. The molecular weight excluding hydrogens is 256 g/mol. The summed E-state index contributed by atoms with van der Waals surface area (Å²) < 4.78 is 0. The van der Waals surface area contributed by atoms with Crippen LogP contribution in [0.1, 0.15) is 71.6 Å². The molecule has 0 heterocycles. The Bertz CT molecular complexity index is 478. The van der Waals surface area contributed by atoms with E-state index in [0.717, 1.165) is 37.0 Å². The van der Waals surface area contributed by atoms with E-state index in [-0.39, 0.29) is 0 Å². The van der Waals surface area contributed by atoms with Crippen molar-refractivity contribution in [2.24, 2.45) is 34.5 Å². The van der Waals surface area contributed by atoms with Crippen LogP contribution in [0.3, 0.4) is 0 Å². The second-order valence-corrected chi connectivity index (χ2v) is 8.94. The average Bonchev–Trinajstić information content (AvgIpc) is 2.76. The van der Waals surface area contributed by atoms with E-state index in [1.165, 1.54) is 38.5 Å². The maximum atomic E-state index is 12.1. The highest BCUT2D eigenvalue weighted by molar-refractivity contribution is 5.79. The monoisotopic (exact) mass is 286 g/mol. The Morgan fingerprint density at radius 3 is 2.81 bits per heavy atom. The minimum absolute atomic E-state index is 0.457. The molecule has 0 aromatic heterocycles. The first kappa shape index (κ1) is 14.0. The van der Waals surface area contributed by atoms with Crippen LogP contribution in [0.2, 0.25) is 0 Å². The third kappa shape index (κ3) is 1.99. The molecule has 4 aliphatic rings. The predicted octanol–water partition coefficient (Wildman–Crippen LogP) is 5.15. The number of carbonyl (C=O) groups is 1. The van der Waals surface area contributed by atoms with Gasteiger partial charge in [-0.25, -0.2) is 0 Å². The maximum Gasteiger partial charge on any atom is 0.133 e. The van der Waals surface area contributed by atoms with Gasteiger partial charge in [0, 0.05) is 12.8 Å². The van der Waals surface area contributed by atoms with Crippen molar-refractivity contribution in [2.75, 3.05) is 0 Å². The van der Waals surface area contributed by atoms with Gasteiger partial charge < -0.3 is 0 Å². The number of fused-ring (bicyclic) bond motifs is 5. The Hall–Kier alpha value is -0.590. The summed E-state index contributed by atoms with van der Waals surface area (Å²) in [6, 6.07) is 0. The Labute approximate surface area is 129 Å². The normalized spacial score (nSPS) is 52.8. The van der Waals surface area contributed by atoms with Gasteiger partial charge in [-0.3, -0.25) is 4.79 Å². The van der Waals surface area contributed by atoms with Crippen molar-refractivity contribution in [1.82, 2.24) is 0 Å². The van der Waals surface area contributed by atoms with Crippen molar-refractivity contribution in [2.45, 2.75) is 71.6 Å². The number of carbonyl (C=O) groups excluding carboxylic acids is 1. The first-order valence-corrected chi connectivity index (χ1v) is 9.22. The molecule has 0 bridgehead atoms. The summed E-state index contributed by atoms with van der Waals surface area (Å²) >= 11 is 0. The molecule has 3 saturated carbocycles. The number of hydrogen-bond acceptors (Lipinski definition) is 1. The fourth-order valence-electron chi connectivity index (χ4n) is 6.79. The summed E-state index contributed by atoms with van der Waals surface area (Å²) in [7, 11) is 0. The lowest BCUT2D eigenvalue weighted by Crippen LogP contribution is -2.50. The van der Waals surface area contributed by atoms with Crippen molar-refractivity contribution in [1.29, 1.82) is 0 Å². The smallest absolute Gasteiger partial charge is 0.133 e. The van der Waals surface area contributed by atoms with Gasteiger partial charge in [0.1, 0.15) is 5.78 Å². The van der Waals surface area contributed by atoms with Crippen LogP contribution in [0.15, 0.2) is 12.2 Å². The van der Waals surface area contributed by atoms with Gasteiger partial charge in [0.2, 0.25) is 0 Å². The molecule has 0 aromatic carbocycles. The summed E-state index contributed by atoms with van der Waals surface area (Å²) in [6.07, 6.45) is 16.0. The Kier molecular flexibility index (Phi) is 3.14. The van der Waals surface area contributed by atoms with Crippen molar-refractivity contribution in [3.05, 3.63) is 12.2 Å². The van der Waals surface area contributed by atoms with Crippen LogP contribution in [0.5, 0.6) is 0 Å². The van der Waals surface area contributed by atoms with Gasteiger partial charge in [0.05, 0.1) is 0 Å². The quantitative estimate of drug-likeness (QED) is 0.562. The molecule has 4 rings (SSSR count). The van der Waals surface area contributed by atoms with Crippen LogP contribution < -0.4 is 0 Å². The minimum atomic E-state index is 0.457. The standard InChI is InChI=1S/C20H30O/c1-19-10-4-6-17(19)16-8-7-14-13-15(21)5-3-11-20(14,2)18(16)9-12-19/h4,10,14,16-18H,3,5-9,11-13H2,1-2H3. The highest BCUT2D eigenvalue weighted by Crippen LogP contribution is 2.64. The molecule has 116 valence electrons. The molecule has 0 aliphatic heterocycles. The molecule has 0 N–H and O–H groups in total. The van der Waals surface area contributed by atoms with E-state index in [1.54, 1.807) is 0 Å². The third-order valence-corrected chi connectivity index (χ3v) is 8.04. The maximum absolute atomic E-state index is 12.1. The zero-order valence-corrected chi connectivity index (χ0v) is 13.7. The Morgan fingerprint density at radius 1 is 1.10 bits per heavy atom. The molecule has 0 aromatic rings. The zero-order valence-electron chi connectivity index (χ0n) is 13.7. The molecule has 21 heavy (non-hydrogen) atoms. The van der Waals surface area contributed by atoms with Gasteiger partial charge in [-0.1, -0.05) is 26.0 Å². The lowest BCUT2D eigenvalue weighted by Gasteiger charge is -2.58. The number of ketones is 1. The van der Waals surface area contributed by atoms with E-state index in [0.29, 0.717) is 22.5 Å². The SMILES string of the molecule is CC12C=CCC1C1CCC3CC(=O)CCCC3(C)C1CC2. The molecule has 1 heteroatoms. The van der Waals surface area contributed by atoms with Crippen molar-refractivity contribution < 1.29 is 4.79 Å². The van der Waals surface area contributed by atoms with E-state index in [2.05, 4.69) is 26.0 Å². The number of rotatable bonds is 0. The number of Topliss-reactive ketones (excluding diaryl/α,β-unsaturated/α-hetero) is 1. The summed E-state index contributed by atoms with van der Waals surface area (Å²) in [4.78, 5) is 12.1. The van der Waals surface area contributed by atoms with E-state index in [1.807, 2.05) is 0 Å². The second kappa shape index (κ2) is 4.70. The lowest BCUT2D eigenvalue weighted by atomic mass is 9.47. The number of hydrogen-bond donors (Lipinski definition) is 0. The Morgan fingerprint density at radius 2 is 1.95 bits per heavy atom. The van der Waals surface area contributed by atoms with E-state index in [4.69, 9.17) is 0 Å². The molecule has 6 unspecified atom stereocenters. The van der Waals surface area contributed by atoms with Crippen molar-refractivity contribution >= 4 is 5.78 Å².